The number of benzene rings is 3. The molecular formula is C32H33ClF3NO6S2. The predicted molar refractivity (Wildman–Crippen MR) is 170 cm³/mol. The first kappa shape index (κ1) is 34.7. The highest BCUT2D eigenvalue weighted by atomic mass is 35.5. The average molecular weight is 684 g/mol. The van der Waals surface area contributed by atoms with E-state index in [0.29, 0.717) is 21.1 Å². The van der Waals surface area contributed by atoms with Crippen LogP contribution in [0.2, 0.25) is 5.02 Å². The number of nitrogens with zero attached hydrogens (tertiary/aromatic N) is 1. The van der Waals surface area contributed by atoms with E-state index in [4.69, 9.17) is 26.1 Å². The number of esters is 1. The molecule has 4 aromatic rings. The lowest BCUT2D eigenvalue weighted by Crippen LogP contribution is -2.30. The monoisotopic (exact) mass is 683 g/mol. The van der Waals surface area contributed by atoms with Crippen LogP contribution in [-0.2, 0) is 24.4 Å². The van der Waals surface area contributed by atoms with Crippen LogP contribution in [0.5, 0.6) is 5.75 Å². The van der Waals surface area contributed by atoms with Crippen LogP contribution in [0, 0.1) is 12.3 Å². The lowest BCUT2D eigenvalue weighted by Gasteiger charge is -2.31. The Labute approximate surface area is 269 Å². The topological polar surface area (TPSA) is 91.8 Å². The normalized spacial score (nSPS) is 13.6. The summed E-state index contributed by atoms with van der Waals surface area (Å²) in [5.74, 6) is -0.885. The van der Waals surface area contributed by atoms with Gasteiger partial charge in [0.15, 0.2) is 0 Å². The van der Waals surface area contributed by atoms with E-state index >= 15 is 0 Å². The van der Waals surface area contributed by atoms with Crippen LogP contribution in [0.25, 0.3) is 31.9 Å². The Kier molecular flexibility index (Phi) is 9.67. The van der Waals surface area contributed by atoms with Gasteiger partial charge in [-0.1, -0.05) is 35.9 Å². The van der Waals surface area contributed by atoms with E-state index in [2.05, 4.69) is 4.18 Å². The summed E-state index contributed by atoms with van der Waals surface area (Å²) in [5.41, 5.74) is -2.85. The van der Waals surface area contributed by atoms with Crippen molar-refractivity contribution in [3.05, 3.63) is 70.7 Å². The molecule has 0 spiro atoms. The minimum absolute atomic E-state index is 0.0565. The van der Waals surface area contributed by atoms with Gasteiger partial charge in [-0.2, -0.15) is 21.6 Å². The number of carbonyl (C=O) groups excluding carboxylic acids is 1. The maximum atomic E-state index is 12.9. The van der Waals surface area contributed by atoms with Crippen LogP contribution < -0.4 is 4.18 Å². The highest BCUT2D eigenvalue weighted by molar-refractivity contribution is 7.88. The van der Waals surface area contributed by atoms with Crippen LogP contribution in [-0.4, -0.2) is 37.1 Å². The fourth-order valence-corrected chi connectivity index (χ4v) is 6.18. The Hall–Kier alpha value is -3.19. The van der Waals surface area contributed by atoms with Gasteiger partial charge in [0.05, 0.1) is 21.2 Å². The fraction of sp³-hybridized carbons (Fsp3) is 0.375. The van der Waals surface area contributed by atoms with E-state index in [-0.39, 0.29) is 12.6 Å². The first-order valence-corrected chi connectivity index (χ1v) is 16.4. The zero-order chi connectivity index (χ0) is 33.5. The van der Waals surface area contributed by atoms with Crippen LogP contribution in [0.3, 0.4) is 0 Å². The highest BCUT2D eigenvalue weighted by Crippen LogP contribution is 2.45. The molecule has 13 heteroatoms. The molecule has 0 amide bonds. The lowest BCUT2D eigenvalue weighted by molar-refractivity contribution is -0.162. The van der Waals surface area contributed by atoms with Crippen LogP contribution in [0.15, 0.2) is 54.6 Å². The summed E-state index contributed by atoms with van der Waals surface area (Å²) in [6, 6.07) is 14.4. The Morgan fingerprint density at radius 2 is 1.62 bits per heavy atom. The first-order chi connectivity index (χ1) is 20.7. The second-order valence-electron chi connectivity index (χ2n) is 12.4. The van der Waals surface area contributed by atoms with E-state index in [1.165, 1.54) is 23.5 Å². The van der Waals surface area contributed by atoms with E-state index in [1.54, 1.807) is 39.0 Å². The Morgan fingerprint density at radius 1 is 0.978 bits per heavy atom. The van der Waals surface area contributed by atoms with Gasteiger partial charge in [0.25, 0.3) is 0 Å². The Balaban J connectivity index is 1.91. The Bertz CT molecular complexity index is 1820. The van der Waals surface area contributed by atoms with Gasteiger partial charge in [-0.3, -0.25) is 4.79 Å². The zero-order valence-corrected chi connectivity index (χ0v) is 28.1. The third kappa shape index (κ3) is 8.16. The van der Waals surface area contributed by atoms with Gasteiger partial charge in [0.2, 0.25) is 0 Å². The number of aryl methyl sites for hydroxylation is 1. The molecule has 7 nitrogen and oxygen atoms in total. The van der Waals surface area contributed by atoms with Crippen molar-refractivity contribution < 1.29 is 40.0 Å². The van der Waals surface area contributed by atoms with Gasteiger partial charge < -0.3 is 13.7 Å². The molecular weight excluding hydrogens is 651 g/mol. The third-order valence-electron chi connectivity index (χ3n) is 6.43. The molecule has 3 aromatic carbocycles. The molecule has 45 heavy (non-hydrogen) atoms. The summed E-state index contributed by atoms with van der Waals surface area (Å²) in [6.07, 6.45) is -0.679. The standard InChI is InChI=1S/C32H33ClF3NO6S2/c1-18-15-23-27(44-28(37-23)20-9-8-10-22(16-20)43-45(39,40)32(34,35)36)26(19-11-13-21(33)14-12-19)25(18)24(42-31(5,6)7)17-41-29(38)30(2,3)4/h8-16,24H,17H2,1-7H3/t24-/m1/s1. The molecule has 242 valence electrons. The molecule has 1 heterocycles. The minimum Gasteiger partial charge on any atom is -0.462 e. The molecule has 0 radical (unpaired) electrons. The number of carbonyl (C=O) groups is 1. The van der Waals surface area contributed by atoms with E-state index < -0.39 is 38.5 Å². The van der Waals surface area contributed by atoms with Gasteiger partial charge >= 0.3 is 21.6 Å². The molecule has 0 fully saturated rings. The lowest BCUT2D eigenvalue weighted by atomic mass is 9.91. The number of hydrogen-bond acceptors (Lipinski definition) is 8. The van der Waals surface area contributed by atoms with Crippen molar-refractivity contribution in [3.8, 4) is 27.4 Å². The van der Waals surface area contributed by atoms with Crippen molar-refractivity contribution in [2.24, 2.45) is 5.41 Å². The van der Waals surface area contributed by atoms with Crippen molar-refractivity contribution in [2.45, 2.75) is 65.7 Å². The average Bonchev–Trinajstić information content (AvgIpc) is 3.32. The number of hydrogen-bond donors (Lipinski definition) is 0. The van der Waals surface area contributed by atoms with Crippen LogP contribution >= 0.6 is 22.9 Å². The molecule has 0 saturated carbocycles. The van der Waals surface area contributed by atoms with E-state index in [0.717, 1.165) is 33.0 Å². The molecule has 1 aromatic heterocycles. The summed E-state index contributed by atoms with van der Waals surface area (Å²) >= 11 is 7.48. The van der Waals surface area contributed by atoms with Crippen molar-refractivity contribution >= 4 is 49.2 Å². The molecule has 1 atom stereocenters. The SMILES string of the molecule is Cc1cc2nc(-c3cccc(OS(=O)(=O)C(F)(F)F)c3)sc2c(-c2ccc(Cl)cc2)c1[C@@H](COC(=O)C(C)(C)C)OC(C)(C)C. The van der Waals surface area contributed by atoms with Crippen LogP contribution in [0.4, 0.5) is 13.2 Å². The smallest absolute Gasteiger partial charge is 0.462 e. The number of halogens is 4. The van der Waals surface area contributed by atoms with Crippen molar-refractivity contribution in [1.29, 1.82) is 0 Å². The van der Waals surface area contributed by atoms with Gasteiger partial charge in [-0.25, -0.2) is 4.98 Å². The van der Waals surface area contributed by atoms with E-state index in [1.807, 2.05) is 45.9 Å². The number of ether oxygens (including phenoxy) is 2. The number of aromatic nitrogens is 1. The molecule has 4 rings (SSSR count). The summed E-state index contributed by atoms with van der Waals surface area (Å²) in [4.78, 5) is 17.5. The van der Waals surface area contributed by atoms with Crippen LogP contribution in [0.1, 0.15) is 58.8 Å². The largest absolute Gasteiger partial charge is 0.534 e. The second kappa shape index (κ2) is 12.5. The fourth-order valence-electron chi connectivity index (χ4n) is 4.48. The first-order valence-electron chi connectivity index (χ1n) is 13.8. The third-order valence-corrected chi connectivity index (χ3v) is 8.80. The minimum atomic E-state index is -5.86. The summed E-state index contributed by atoms with van der Waals surface area (Å²) in [7, 11) is -5.86. The molecule has 0 bridgehead atoms. The molecule has 0 aliphatic carbocycles. The number of fused-ring (bicyclic) bond motifs is 1. The molecule has 0 aliphatic heterocycles. The molecule has 0 N–H and O–H groups in total. The van der Waals surface area contributed by atoms with Crippen molar-refractivity contribution in [1.82, 2.24) is 4.98 Å². The number of alkyl halides is 3. The predicted octanol–water partition coefficient (Wildman–Crippen LogP) is 9.27. The highest BCUT2D eigenvalue weighted by Gasteiger charge is 2.48. The second-order valence-corrected chi connectivity index (χ2v) is 15.4. The van der Waals surface area contributed by atoms with Gasteiger partial charge in [0, 0.05) is 16.1 Å². The number of rotatable bonds is 8. The maximum absolute atomic E-state index is 12.9. The van der Waals surface area contributed by atoms with Crippen molar-refractivity contribution in [2.75, 3.05) is 6.61 Å². The van der Waals surface area contributed by atoms with E-state index in [9.17, 15) is 26.4 Å². The quantitative estimate of drug-likeness (QED) is 0.104. The summed E-state index contributed by atoms with van der Waals surface area (Å²) in [6.45, 7) is 12.8. The summed E-state index contributed by atoms with van der Waals surface area (Å²) in [5, 5.41) is 0.945. The van der Waals surface area contributed by atoms with Crippen molar-refractivity contribution in [3.63, 3.8) is 0 Å². The molecule has 0 saturated heterocycles. The number of thiazole rings is 1. The summed E-state index contributed by atoms with van der Waals surface area (Å²) < 4.78 is 79.4. The molecule has 0 aliphatic rings. The van der Waals surface area contributed by atoms with Gasteiger partial charge in [-0.05, 0) is 95.5 Å². The Morgan fingerprint density at radius 3 is 2.20 bits per heavy atom. The van der Waals surface area contributed by atoms with Gasteiger partial charge in [-0.15, -0.1) is 11.3 Å². The maximum Gasteiger partial charge on any atom is 0.534 e. The zero-order valence-electron chi connectivity index (χ0n) is 25.7. The van der Waals surface area contributed by atoms with Gasteiger partial charge in [0.1, 0.15) is 23.5 Å². The molecule has 0 unspecified atom stereocenters.